The number of pyridine rings is 2. The molecule has 32 heavy (non-hydrogen) atoms. The Labute approximate surface area is 186 Å². The topological polar surface area (TPSA) is 67.2 Å². The third kappa shape index (κ3) is 3.04. The van der Waals surface area contributed by atoms with Gasteiger partial charge in [-0.15, -0.1) is 0 Å². The molecule has 0 aliphatic carbocycles. The first-order chi connectivity index (χ1) is 15.6. The van der Waals surface area contributed by atoms with Crippen LogP contribution in [-0.4, -0.2) is 55.7 Å². The number of aryl methyl sites for hydroxylation is 1. The first-order valence-corrected chi connectivity index (χ1v) is 10.9. The van der Waals surface area contributed by atoms with E-state index < -0.39 is 0 Å². The van der Waals surface area contributed by atoms with E-state index in [1.54, 1.807) is 6.92 Å². The van der Waals surface area contributed by atoms with Crippen molar-refractivity contribution in [2.75, 3.05) is 18.0 Å². The van der Waals surface area contributed by atoms with Crippen molar-refractivity contribution >= 4 is 22.6 Å². The number of hydrogen-bond acceptors (Lipinski definition) is 5. The van der Waals surface area contributed by atoms with Gasteiger partial charge in [0, 0.05) is 62.2 Å². The van der Waals surface area contributed by atoms with Crippen LogP contribution in [0, 0.1) is 0 Å². The summed E-state index contributed by atoms with van der Waals surface area (Å²) in [5.41, 5.74) is 5.27. The summed E-state index contributed by atoms with van der Waals surface area (Å²) in [6.07, 6.45) is 8.77. The van der Waals surface area contributed by atoms with Gasteiger partial charge < -0.3 is 9.80 Å². The van der Waals surface area contributed by atoms with Crippen LogP contribution < -0.4 is 4.90 Å². The van der Waals surface area contributed by atoms with Crippen LogP contribution in [0.3, 0.4) is 0 Å². The van der Waals surface area contributed by atoms with Crippen LogP contribution in [0.15, 0.2) is 61.2 Å². The minimum Gasteiger partial charge on any atom is -0.352 e. The minimum absolute atomic E-state index is 0.184. The number of carbonyl (C=O) groups excluding carboxylic acids is 1. The van der Waals surface area contributed by atoms with Gasteiger partial charge in [-0.2, -0.15) is 5.10 Å². The van der Waals surface area contributed by atoms with Crippen molar-refractivity contribution in [3.8, 4) is 22.3 Å². The fraction of sp³-hybridized carbons (Fsp3) is 0.280. The number of anilines is 1. The van der Waals surface area contributed by atoms with Gasteiger partial charge in [-0.25, -0.2) is 4.98 Å². The highest BCUT2D eigenvalue weighted by Crippen LogP contribution is 2.36. The SMILES string of the molecule is CC(=O)N1C2CC1CN(c1ccc(-c3cc(-c4cnn(C)c4)cc4ncccc34)cn1)C2. The zero-order chi connectivity index (χ0) is 21.8. The predicted octanol–water partition coefficient (Wildman–Crippen LogP) is 3.51. The second kappa shape index (κ2) is 7.15. The molecule has 0 saturated carbocycles. The van der Waals surface area contributed by atoms with Crippen molar-refractivity contribution in [3.05, 3.63) is 61.2 Å². The van der Waals surface area contributed by atoms with Gasteiger partial charge in [0.1, 0.15) is 5.82 Å². The first kappa shape index (κ1) is 19.0. The molecule has 1 aromatic carbocycles. The van der Waals surface area contributed by atoms with E-state index in [0.717, 1.165) is 58.5 Å². The lowest BCUT2D eigenvalue weighted by Gasteiger charge is -2.56. The predicted molar refractivity (Wildman–Crippen MR) is 124 cm³/mol. The van der Waals surface area contributed by atoms with Crippen molar-refractivity contribution in [1.82, 2.24) is 24.6 Å². The van der Waals surface area contributed by atoms with Crippen molar-refractivity contribution in [3.63, 3.8) is 0 Å². The third-order valence-corrected chi connectivity index (χ3v) is 6.70. The number of aromatic nitrogens is 4. The molecule has 6 heterocycles. The highest BCUT2D eigenvalue weighted by molar-refractivity contribution is 5.98. The van der Waals surface area contributed by atoms with Gasteiger partial charge in [0.25, 0.3) is 0 Å². The van der Waals surface area contributed by atoms with Crippen LogP contribution in [0.1, 0.15) is 13.3 Å². The van der Waals surface area contributed by atoms with Crippen molar-refractivity contribution < 1.29 is 4.79 Å². The Morgan fingerprint density at radius 3 is 2.53 bits per heavy atom. The molecule has 7 rings (SSSR count). The second-order valence-electron chi connectivity index (χ2n) is 8.78. The quantitative estimate of drug-likeness (QED) is 0.504. The normalized spacial score (nSPS) is 19.8. The smallest absolute Gasteiger partial charge is 0.220 e. The lowest BCUT2D eigenvalue weighted by atomic mass is 9.87. The van der Waals surface area contributed by atoms with E-state index in [1.807, 2.05) is 47.5 Å². The Balaban J connectivity index is 1.34. The van der Waals surface area contributed by atoms with Gasteiger partial charge in [0.05, 0.1) is 23.8 Å². The molecule has 2 bridgehead atoms. The van der Waals surface area contributed by atoms with E-state index in [0.29, 0.717) is 12.1 Å². The maximum atomic E-state index is 11.8. The Morgan fingerprint density at radius 1 is 1.00 bits per heavy atom. The van der Waals surface area contributed by atoms with Gasteiger partial charge >= 0.3 is 0 Å². The molecule has 7 nitrogen and oxygen atoms in total. The van der Waals surface area contributed by atoms with Crippen molar-refractivity contribution in [2.45, 2.75) is 25.4 Å². The summed E-state index contributed by atoms with van der Waals surface area (Å²) in [6.45, 7) is 3.37. The summed E-state index contributed by atoms with van der Waals surface area (Å²) >= 11 is 0. The molecule has 0 spiro atoms. The molecule has 2 atom stereocenters. The number of piperazine rings is 1. The fourth-order valence-corrected chi connectivity index (χ4v) is 5.20. The average Bonchev–Trinajstić information content (AvgIpc) is 3.24. The fourth-order valence-electron chi connectivity index (χ4n) is 5.20. The van der Waals surface area contributed by atoms with Crippen LogP contribution >= 0.6 is 0 Å². The van der Waals surface area contributed by atoms with Gasteiger partial charge in [-0.1, -0.05) is 6.07 Å². The number of amides is 1. The van der Waals surface area contributed by atoms with Crippen LogP contribution in [0.4, 0.5) is 5.82 Å². The van der Waals surface area contributed by atoms with Gasteiger partial charge in [-0.3, -0.25) is 14.5 Å². The molecular weight excluding hydrogens is 400 g/mol. The molecule has 7 heteroatoms. The molecule has 3 aliphatic heterocycles. The van der Waals surface area contributed by atoms with E-state index in [1.165, 1.54) is 0 Å². The van der Waals surface area contributed by atoms with E-state index in [-0.39, 0.29) is 5.91 Å². The van der Waals surface area contributed by atoms with E-state index in [9.17, 15) is 4.79 Å². The summed E-state index contributed by atoms with van der Waals surface area (Å²) < 4.78 is 1.81. The highest BCUT2D eigenvalue weighted by atomic mass is 16.2. The van der Waals surface area contributed by atoms with Crippen LogP contribution in [0.5, 0.6) is 0 Å². The van der Waals surface area contributed by atoms with Crippen LogP contribution in [0.25, 0.3) is 33.2 Å². The Morgan fingerprint density at radius 2 is 1.84 bits per heavy atom. The zero-order valence-corrected chi connectivity index (χ0v) is 18.1. The average molecular weight is 425 g/mol. The maximum absolute atomic E-state index is 11.8. The molecule has 0 N–H and O–H groups in total. The van der Waals surface area contributed by atoms with Gasteiger partial charge in [0.15, 0.2) is 0 Å². The number of fused-ring (bicyclic) bond motifs is 3. The van der Waals surface area contributed by atoms with E-state index in [4.69, 9.17) is 4.98 Å². The third-order valence-electron chi connectivity index (χ3n) is 6.70. The van der Waals surface area contributed by atoms with Gasteiger partial charge in [-0.05, 0) is 47.9 Å². The summed E-state index contributed by atoms with van der Waals surface area (Å²) in [5, 5.41) is 5.42. The molecular formula is C25H24N6O. The number of carbonyl (C=O) groups is 1. The zero-order valence-electron chi connectivity index (χ0n) is 18.1. The number of hydrogen-bond donors (Lipinski definition) is 0. The van der Waals surface area contributed by atoms with Crippen LogP contribution in [0.2, 0.25) is 0 Å². The second-order valence-corrected chi connectivity index (χ2v) is 8.78. The van der Waals surface area contributed by atoms with E-state index >= 15 is 0 Å². The lowest BCUT2D eigenvalue weighted by Crippen LogP contribution is -2.70. The molecule has 0 radical (unpaired) electrons. The highest BCUT2D eigenvalue weighted by Gasteiger charge is 2.46. The molecule has 2 unspecified atom stereocenters. The number of nitrogens with zero attached hydrogens (tertiary/aromatic N) is 6. The monoisotopic (exact) mass is 424 g/mol. The summed E-state index contributed by atoms with van der Waals surface area (Å²) in [6, 6.07) is 13.2. The molecule has 160 valence electrons. The molecule has 1 amide bonds. The summed E-state index contributed by atoms with van der Waals surface area (Å²) in [4.78, 5) is 25.5. The first-order valence-electron chi connectivity index (χ1n) is 10.9. The van der Waals surface area contributed by atoms with Crippen molar-refractivity contribution in [1.29, 1.82) is 0 Å². The van der Waals surface area contributed by atoms with Gasteiger partial charge in [0.2, 0.25) is 5.91 Å². The molecule has 3 aliphatic rings. The Hall–Kier alpha value is -3.74. The summed E-state index contributed by atoms with van der Waals surface area (Å²) in [7, 11) is 1.92. The summed E-state index contributed by atoms with van der Waals surface area (Å²) in [5.74, 6) is 1.15. The van der Waals surface area contributed by atoms with Crippen molar-refractivity contribution in [2.24, 2.45) is 7.05 Å². The Bertz CT molecular complexity index is 1320. The largest absolute Gasteiger partial charge is 0.352 e. The minimum atomic E-state index is 0.184. The number of piperidine rings is 1. The Kier molecular flexibility index (Phi) is 4.24. The number of rotatable bonds is 3. The molecule has 3 saturated heterocycles. The lowest BCUT2D eigenvalue weighted by molar-refractivity contribution is -0.143. The van der Waals surface area contributed by atoms with Crippen LogP contribution in [-0.2, 0) is 11.8 Å². The molecule has 3 aromatic heterocycles. The van der Waals surface area contributed by atoms with E-state index in [2.05, 4.69) is 45.3 Å². The maximum Gasteiger partial charge on any atom is 0.220 e. The number of benzene rings is 1. The standard InChI is InChI=1S/C25H24N6O/c1-16(32)31-20-10-21(31)15-30(14-20)25-6-5-17(11-27-25)23-8-18(19-12-28-29(2)13-19)9-24-22(23)4-3-7-26-24/h3-9,11-13,20-21H,10,14-15H2,1-2H3. The molecule has 4 aromatic rings. The molecule has 3 fully saturated rings.